The second kappa shape index (κ2) is 12.8. The van der Waals surface area contributed by atoms with Gasteiger partial charge in [-0.3, -0.25) is 14.4 Å². The number of carbonyl (C=O) groups is 3. The number of allylic oxidation sites excluding steroid dienone is 1. The minimum absolute atomic E-state index is 0.0598. The van der Waals surface area contributed by atoms with E-state index in [1.807, 2.05) is 0 Å². The van der Waals surface area contributed by atoms with Crippen LogP contribution in [0.3, 0.4) is 0 Å². The van der Waals surface area contributed by atoms with E-state index in [2.05, 4.69) is 10.6 Å². The fourth-order valence-electron chi connectivity index (χ4n) is 3.49. The van der Waals surface area contributed by atoms with Gasteiger partial charge in [0, 0.05) is 16.8 Å². The van der Waals surface area contributed by atoms with Gasteiger partial charge in [-0.1, -0.05) is 71.7 Å². The molecule has 0 saturated carbocycles. The van der Waals surface area contributed by atoms with Crippen LogP contribution in [0.25, 0.3) is 12.2 Å². The molecule has 5 nitrogen and oxygen atoms in total. The normalized spacial score (nSPS) is 11.3. The van der Waals surface area contributed by atoms with Crippen molar-refractivity contribution in [1.82, 2.24) is 5.32 Å². The zero-order valence-corrected chi connectivity index (χ0v) is 21.8. The Kier molecular flexibility index (Phi) is 9.05. The number of hydrogen-bond acceptors (Lipinski definition) is 3. The molecule has 0 atom stereocenters. The summed E-state index contributed by atoms with van der Waals surface area (Å²) < 4.78 is 13.1. The highest BCUT2D eigenvalue weighted by molar-refractivity contribution is 6.43. The van der Waals surface area contributed by atoms with Crippen molar-refractivity contribution in [3.8, 4) is 0 Å². The Labute approximate surface area is 234 Å². The van der Waals surface area contributed by atoms with Crippen molar-refractivity contribution in [3.05, 3.63) is 147 Å². The van der Waals surface area contributed by atoms with E-state index in [9.17, 15) is 18.8 Å². The summed E-state index contributed by atoms with van der Waals surface area (Å²) in [6, 6.07) is 25.4. The number of amides is 2. The highest BCUT2D eigenvalue weighted by atomic mass is 35.5. The smallest absolute Gasteiger partial charge is 0.272 e. The topological polar surface area (TPSA) is 75.3 Å². The quantitative estimate of drug-likeness (QED) is 0.174. The molecule has 0 fully saturated rings. The van der Waals surface area contributed by atoms with Crippen LogP contribution in [0.15, 0.2) is 109 Å². The molecular weight excluding hydrogens is 538 g/mol. The maximum absolute atomic E-state index is 13.2. The predicted molar refractivity (Wildman–Crippen MR) is 153 cm³/mol. The average Bonchev–Trinajstić information content (AvgIpc) is 2.95. The van der Waals surface area contributed by atoms with Crippen LogP contribution in [0.1, 0.15) is 31.8 Å². The third kappa shape index (κ3) is 7.51. The van der Waals surface area contributed by atoms with Crippen molar-refractivity contribution in [3.63, 3.8) is 0 Å². The maximum Gasteiger partial charge on any atom is 0.272 e. The number of halogens is 3. The minimum atomic E-state index is -0.606. The molecule has 0 radical (unpaired) electrons. The van der Waals surface area contributed by atoms with Gasteiger partial charge in [0.15, 0.2) is 5.78 Å². The van der Waals surface area contributed by atoms with Crippen LogP contribution in [0.2, 0.25) is 10.0 Å². The number of anilines is 1. The van der Waals surface area contributed by atoms with Gasteiger partial charge in [-0.15, -0.1) is 0 Å². The summed E-state index contributed by atoms with van der Waals surface area (Å²) in [5.74, 6) is -1.71. The predicted octanol–water partition coefficient (Wildman–Crippen LogP) is 7.44. The number of nitrogens with one attached hydrogen (secondary N) is 2. The van der Waals surface area contributed by atoms with Gasteiger partial charge in [-0.25, -0.2) is 4.39 Å². The summed E-state index contributed by atoms with van der Waals surface area (Å²) in [6.07, 6.45) is 4.41. The first-order chi connectivity index (χ1) is 18.8. The van der Waals surface area contributed by atoms with Gasteiger partial charge in [0.1, 0.15) is 11.5 Å². The summed E-state index contributed by atoms with van der Waals surface area (Å²) in [6.45, 7) is 0. The van der Waals surface area contributed by atoms with Crippen LogP contribution >= 0.6 is 23.2 Å². The van der Waals surface area contributed by atoms with Gasteiger partial charge >= 0.3 is 0 Å². The van der Waals surface area contributed by atoms with E-state index in [4.69, 9.17) is 23.2 Å². The Bertz CT molecular complexity index is 1570. The molecule has 0 aromatic heterocycles. The molecule has 0 saturated heterocycles. The number of rotatable bonds is 8. The van der Waals surface area contributed by atoms with E-state index in [1.165, 1.54) is 24.3 Å². The van der Waals surface area contributed by atoms with Crippen LogP contribution in [0.4, 0.5) is 10.1 Å². The first-order valence-electron chi connectivity index (χ1n) is 11.7. The van der Waals surface area contributed by atoms with E-state index in [-0.39, 0.29) is 22.3 Å². The van der Waals surface area contributed by atoms with Crippen molar-refractivity contribution in [1.29, 1.82) is 0 Å². The second-order valence-electron chi connectivity index (χ2n) is 8.30. The number of ketones is 1. The van der Waals surface area contributed by atoms with Crippen LogP contribution in [-0.2, 0) is 4.79 Å². The highest BCUT2D eigenvalue weighted by Crippen LogP contribution is 2.27. The molecule has 0 aliphatic rings. The van der Waals surface area contributed by atoms with Gasteiger partial charge < -0.3 is 10.6 Å². The molecule has 0 aliphatic carbocycles. The van der Waals surface area contributed by atoms with Crippen molar-refractivity contribution >= 4 is 58.6 Å². The molecule has 4 aromatic carbocycles. The van der Waals surface area contributed by atoms with Crippen molar-refractivity contribution in [2.45, 2.75) is 0 Å². The van der Waals surface area contributed by atoms with Crippen LogP contribution in [0.5, 0.6) is 0 Å². The molecule has 0 bridgehead atoms. The Balaban J connectivity index is 1.52. The molecule has 0 unspecified atom stereocenters. The van der Waals surface area contributed by atoms with E-state index in [0.717, 1.165) is 0 Å². The lowest BCUT2D eigenvalue weighted by Crippen LogP contribution is -2.30. The lowest BCUT2D eigenvalue weighted by molar-refractivity contribution is -0.113. The van der Waals surface area contributed by atoms with E-state index in [0.29, 0.717) is 33.0 Å². The molecule has 39 heavy (non-hydrogen) atoms. The Morgan fingerprint density at radius 2 is 1.44 bits per heavy atom. The highest BCUT2D eigenvalue weighted by Gasteiger charge is 2.16. The van der Waals surface area contributed by atoms with Crippen molar-refractivity contribution in [2.24, 2.45) is 0 Å². The largest absolute Gasteiger partial charge is 0.321 e. The van der Waals surface area contributed by atoms with Crippen LogP contribution in [0, 0.1) is 5.82 Å². The zero-order valence-electron chi connectivity index (χ0n) is 20.3. The van der Waals surface area contributed by atoms with Gasteiger partial charge in [-0.05, 0) is 77.9 Å². The first kappa shape index (κ1) is 27.5. The summed E-state index contributed by atoms with van der Waals surface area (Å²) >= 11 is 12.4. The number of hydrogen-bond donors (Lipinski definition) is 2. The monoisotopic (exact) mass is 558 g/mol. The van der Waals surface area contributed by atoms with Crippen LogP contribution in [-0.4, -0.2) is 17.6 Å². The van der Waals surface area contributed by atoms with Gasteiger partial charge in [-0.2, -0.15) is 0 Å². The first-order valence-corrected chi connectivity index (χ1v) is 12.5. The Hall–Kier alpha value is -4.52. The fraction of sp³-hybridized carbons (Fsp3) is 0. The molecule has 8 heteroatoms. The lowest BCUT2D eigenvalue weighted by Gasteiger charge is -2.12. The van der Waals surface area contributed by atoms with E-state index in [1.54, 1.807) is 91.0 Å². The molecule has 2 amide bonds. The third-order valence-electron chi connectivity index (χ3n) is 5.53. The molecule has 4 rings (SSSR count). The van der Waals surface area contributed by atoms with Gasteiger partial charge in [0.05, 0.1) is 10.0 Å². The lowest BCUT2D eigenvalue weighted by atomic mass is 10.1. The molecular formula is C31H21Cl2FN2O3. The molecule has 4 aromatic rings. The van der Waals surface area contributed by atoms with Crippen molar-refractivity contribution in [2.75, 3.05) is 5.32 Å². The Morgan fingerprint density at radius 3 is 2.13 bits per heavy atom. The summed E-state index contributed by atoms with van der Waals surface area (Å²) in [4.78, 5) is 38.5. The Morgan fingerprint density at radius 1 is 0.744 bits per heavy atom. The third-order valence-corrected chi connectivity index (χ3v) is 6.37. The minimum Gasteiger partial charge on any atom is -0.321 e. The number of carbonyl (C=O) groups excluding carboxylic acids is 3. The van der Waals surface area contributed by atoms with E-state index < -0.39 is 11.8 Å². The van der Waals surface area contributed by atoms with E-state index >= 15 is 0 Å². The van der Waals surface area contributed by atoms with Gasteiger partial charge in [0.2, 0.25) is 0 Å². The van der Waals surface area contributed by atoms with Crippen LogP contribution < -0.4 is 10.6 Å². The SMILES string of the molecule is O=C(Nc1ccc(C(=O)/C=C/c2ccc(F)cc2)cc1)/C(=C/c1cccc(Cl)c1Cl)NC(=O)c1ccccc1. The van der Waals surface area contributed by atoms with Gasteiger partial charge in [0.25, 0.3) is 11.8 Å². The molecule has 0 aliphatic heterocycles. The summed E-state index contributed by atoms with van der Waals surface area (Å²) in [5, 5.41) is 5.89. The second-order valence-corrected chi connectivity index (χ2v) is 9.09. The maximum atomic E-state index is 13.2. The van der Waals surface area contributed by atoms with Crippen molar-refractivity contribution < 1.29 is 18.8 Å². The molecule has 0 spiro atoms. The number of benzene rings is 4. The standard InChI is InChI=1S/C31H21Cl2FN2O3/c32-26-8-4-7-23(29(26)33)19-27(36-30(38)22-5-2-1-3-6-22)31(39)35-25-16-12-21(13-17-25)28(37)18-11-20-9-14-24(34)15-10-20/h1-19H,(H,35,39)(H,36,38)/b18-11+,27-19-. The zero-order chi connectivity index (χ0) is 27.8. The average molecular weight is 559 g/mol. The molecule has 2 N–H and O–H groups in total. The molecule has 0 heterocycles. The summed E-state index contributed by atoms with van der Waals surface area (Å²) in [5.41, 5.74) is 2.23. The summed E-state index contributed by atoms with van der Waals surface area (Å²) in [7, 11) is 0. The fourth-order valence-corrected chi connectivity index (χ4v) is 3.85. The molecule has 194 valence electrons.